The third kappa shape index (κ3) is 4.32. The van der Waals surface area contributed by atoms with Crippen molar-refractivity contribution in [3.63, 3.8) is 0 Å². The van der Waals surface area contributed by atoms with Crippen molar-refractivity contribution in [2.45, 2.75) is 25.7 Å². The van der Waals surface area contributed by atoms with Gasteiger partial charge in [-0.2, -0.15) is 0 Å². The quantitative estimate of drug-likeness (QED) is 0.415. The topological polar surface area (TPSA) is 3.24 Å². The van der Waals surface area contributed by atoms with Gasteiger partial charge in [0.15, 0.2) is 0 Å². The molecular formula is C30H27N. The first kappa shape index (κ1) is 19.4. The van der Waals surface area contributed by atoms with Crippen LogP contribution in [0.15, 0.2) is 121 Å². The predicted octanol–water partition coefficient (Wildman–Crippen LogP) is 8.32. The molecule has 0 spiro atoms. The second-order valence-electron chi connectivity index (χ2n) is 8.08. The van der Waals surface area contributed by atoms with Gasteiger partial charge in [0.05, 0.1) is 0 Å². The average Bonchev–Trinajstić information content (AvgIpc) is 2.87. The van der Waals surface area contributed by atoms with Crippen LogP contribution >= 0.6 is 0 Å². The van der Waals surface area contributed by atoms with Crippen LogP contribution in [0, 0.1) is 0 Å². The summed E-state index contributed by atoms with van der Waals surface area (Å²) in [5.74, 6) is 0. The van der Waals surface area contributed by atoms with Gasteiger partial charge in [0.25, 0.3) is 0 Å². The molecule has 152 valence electrons. The Morgan fingerprint density at radius 3 is 1.94 bits per heavy atom. The van der Waals surface area contributed by atoms with E-state index in [9.17, 15) is 0 Å². The second-order valence-corrected chi connectivity index (χ2v) is 8.08. The third-order valence-corrected chi connectivity index (χ3v) is 6.02. The number of hydrogen-bond donors (Lipinski definition) is 0. The lowest BCUT2D eigenvalue weighted by atomic mass is 9.95. The summed E-state index contributed by atoms with van der Waals surface area (Å²) in [6.07, 6.45) is 15.7. The van der Waals surface area contributed by atoms with Crippen molar-refractivity contribution in [1.82, 2.24) is 0 Å². The predicted molar refractivity (Wildman–Crippen MR) is 133 cm³/mol. The van der Waals surface area contributed by atoms with Gasteiger partial charge in [0.1, 0.15) is 0 Å². The van der Waals surface area contributed by atoms with Gasteiger partial charge in [0, 0.05) is 17.1 Å². The van der Waals surface area contributed by atoms with Crippen LogP contribution in [0.2, 0.25) is 0 Å². The first-order valence-electron chi connectivity index (χ1n) is 11.2. The number of benzene rings is 3. The van der Waals surface area contributed by atoms with Gasteiger partial charge in [-0.05, 0) is 78.3 Å². The van der Waals surface area contributed by atoms with Gasteiger partial charge in [-0.15, -0.1) is 0 Å². The summed E-state index contributed by atoms with van der Waals surface area (Å²) in [5.41, 5.74) is 9.07. The Hall–Kier alpha value is -3.58. The lowest BCUT2D eigenvalue weighted by Crippen LogP contribution is -2.16. The fraction of sp³-hybridized carbons (Fsp3) is 0.133. The van der Waals surface area contributed by atoms with E-state index in [1.165, 1.54) is 39.3 Å². The molecule has 0 heterocycles. The number of para-hydroxylation sites is 1. The number of hydrogen-bond acceptors (Lipinski definition) is 1. The van der Waals surface area contributed by atoms with E-state index in [4.69, 9.17) is 0 Å². The summed E-state index contributed by atoms with van der Waals surface area (Å²) >= 11 is 0. The summed E-state index contributed by atoms with van der Waals surface area (Å²) in [6, 6.07) is 30.5. The molecule has 0 amide bonds. The molecule has 0 saturated heterocycles. The van der Waals surface area contributed by atoms with Gasteiger partial charge >= 0.3 is 0 Å². The molecule has 3 aromatic rings. The van der Waals surface area contributed by atoms with Gasteiger partial charge < -0.3 is 4.90 Å². The Bertz CT molecular complexity index is 1150. The highest BCUT2D eigenvalue weighted by atomic mass is 15.1. The molecule has 1 nitrogen and oxygen atoms in total. The molecule has 0 radical (unpaired) electrons. The van der Waals surface area contributed by atoms with Crippen LogP contribution in [-0.2, 0) is 0 Å². The van der Waals surface area contributed by atoms with E-state index in [2.05, 4.69) is 120 Å². The van der Waals surface area contributed by atoms with Crippen LogP contribution in [0.1, 0.15) is 36.8 Å². The Balaban J connectivity index is 1.52. The Morgan fingerprint density at radius 2 is 1.23 bits per heavy atom. The van der Waals surface area contributed by atoms with E-state index in [0.717, 1.165) is 25.7 Å². The van der Waals surface area contributed by atoms with Crippen molar-refractivity contribution in [1.29, 1.82) is 0 Å². The van der Waals surface area contributed by atoms with E-state index in [-0.39, 0.29) is 0 Å². The van der Waals surface area contributed by atoms with Crippen molar-refractivity contribution in [3.8, 4) is 0 Å². The number of anilines is 2. The summed E-state index contributed by atoms with van der Waals surface area (Å²) < 4.78 is 0. The van der Waals surface area contributed by atoms with Gasteiger partial charge in [0.2, 0.25) is 0 Å². The molecule has 0 N–H and O–H groups in total. The highest BCUT2D eigenvalue weighted by molar-refractivity contribution is 5.78. The van der Waals surface area contributed by atoms with Crippen LogP contribution in [0.3, 0.4) is 0 Å². The smallest absolute Gasteiger partial charge is 0.0461 e. The van der Waals surface area contributed by atoms with Gasteiger partial charge in [-0.3, -0.25) is 0 Å². The standard InChI is InChI=1S/C30H27N/c1-4-11-24(12-5-1)26-19-21-29(22-20-26)31(28-16-8-3-9-17-28)30-18-10-15-27(23-30)25-13-6-2-7-14-25/h1-4,6-9,11,13-14,16-23H,5,10,12,15H2. The van der Waals surface area contributed by atoms with Gasteiger partial charge in [-0.1, -0.05) is 85.0 Å². The molecule has 0 bridgehead atoms. The zero-order chi connectivity index (χ0) is 20.9. The molecule has 0 fully saturated rings. The van der Waals surface area contributed by atoms with E-state index >= 15 is 0 Å². The summed E-state index contributed by atoms with van der Waals surface area (Å²) in [4.78, 5) is 2.38. The minimum absolute atomic E-state index is 1.05. The van der Waals surface area contributed by atoms with E-state index in [1.54, 1.807) is 0 Å². The van der Waals surface area contributed by atoms with Crippen molar-refractivity contribution in [2.75, 3.05) is 4.90 Å². The van der Waals surface area contributed by atoms with Crippen molar-refractivity contribution < 1.29 is 0 Å². The molecule has 2 aliphatic rings. The van der Waals surface area contributed by atoms with E-state index in [0.29, 0.717) is 0 Å². The first-order valence-corrected chi connectivity index (χ1v) is 11.2. The van der Waals surface area contributed by atoms with Crippen LogP contribution < -0.4 is 4.90 Å². The number of rotatable bonds is 5. The minimum Gasteiger partial charge on any atom is -0.311 e. The molecule has 0 atom stereocenters. The molecule has 2 aliphatic carbocycles. The van der Waals surface area contributed by atoms with E-state index < -0.39 is 0 Å². The molecule has 0 aliphatic heterocycles. The van der Waals surface area contributed by atoms with Crippen LogP contribution in [0.4, 0.5) is 11.4 Å². The number of allylic oxidation sites excluding steroid dienone is 7. The highest BCUT2D eigenvalue weighted by Crippen LogP contribution is 2.36. The summed E-state index contributed by atoms with van der Waals surface area (Å²) in [7, 11) is 0. The zero-order valence-corrected chi connectivity index (χ0v) is 17.7. The normalized spacial score (nSPS) is 15.7. The van der Waals surface area contributed by atoms with Crippen molar-refractivity contribution in [3.05, 3.63) is 132 Å². The van der Waals surface area contributed by atoms with Crippen LogP contribution in [-0.4, -0.2) is 0 Å². The lowest BCUT2D eigenvalue weighted by molar-refractivity contribution is 1.01. The third-order valence-electron chi connectivity index (χ3n) is 6.02. The molecule has 0 unspecified atom stereocenters. The molecule has 1 heteroatoms. The molecule has 0 saturated carbocycles. The SMILES string of the molecule is C1=CCCC(c2ccc(N(C3=CCCC(c4ccccc4)=C3)c3ccccc3)cc2)=C1. The molecular weight excluding hydrogens is 374 g/mol. The molecule has 31 heavy (non-hydrogen) atoms. The molecule has 3 aromatic carbocycles. The Kier molecular flexibility index (Phi) is 5.66. The highest BCUT2D eigenvalue weighted by Gasteiger charge is 2.17. The molecule has 0 aromatic heterocycles. The maximum Gasteiger partial charge on any atom is 0.0461 e. The minimum atomic E-state index is 1.05. The van der Waals surface area contributed by atoms with E-state index in [1.807, 2.05) is 0 Å². The maximum atomic E-state index is 2.38. The first-order chi connectivity index (χ1) is 15.4. The number of nitrogens with zero attached hydrogens (tertiary/aromatic N) is 1. The molecule has 5 rings (SSSR count). The maximum absolute atomic E-state index is 2.38. The fourth-order valence-electron chi connectivity index (χ4n) is 4.41. The van der Waals surface area contributed by atoms with Gasteiger partial charge in [-0.25, -0.2) is 0 Å². The summed E-state index contributed by atoms with van der Waals surface area (Å²) in [5, 5.41) is 0. The average molecular weight is 402 g/mol. The van der Waals surface area contributed by atoms with Crippen molar-refractivity contribution >= 4 is 22.5 Å². The van der Waals surface area contributed by atoms with Crippen LogP contribution in [0.25, 0.3) is 11.1 Å². The Labute approximate surface area is 185 Å². The largest absolute Gasteiger partial charge is 0.311 e. The zero-order valence-electron chi connectivity index (χ0n) is 17.7. The summed E-state index contributed by atoms with van der Waals surface area (Å²) in [6.45, 7) is 0. The monoisotopic (exact) mass is 401 g/mol. The fourth-order valence-corrected chi connectivity index (χ4v) is 4.41. The second kappa shape index (κ2) is 9.06. The lowest BCUT2D eigenvalue weighted by Gasteiger charge is -2.29. The van der Waals surface area contributed by atoms with Crippen molar-refractivity contribution in [2.24, 2.45) is 0 Å². The van der Waals surface area contributed by atoms with Crippen LogP contribution in [0.5, 0.6) is 0 Å². The Morgan fingerprint density at radius 1 is 0.581 bits per heavy atom.